The van der Waals surface area contributed by atoms with Crippen molar-refractivity contribution in [2.45, 2.75) is 32.1 Å². The summed E-state index contributed by atoms with van der Waals surface area (Å²) in [6.07, 6.45) is 4.81. The highest BCUT2D eigenvalue weighted by Crippen LogP contribution is 2.17. The van der Waals surface area contributed by atoms with Gasteiger partial charge < -0.3 is 14.8 Å². The lowest BCUT2D eigenvalue weighted by atomic mass is 10.0. The normalized spacial score (nSPS) is 26.0. The van der Waals surface area contributed by atoms with Gasteiger partial charge in [0.1, 0.15) is 0 Å². The summed E-state index contributed by atoms with van der Waals surface area (Å²) in [7, 11) is 0. The maximum Gasteiger partial charge on any atom is 0.305 e. The summed E-state index contributed by atoms with van der Waals surface area (Å²) < 4.78 is 10.6. The van der Waals surface area contributed by atoms with Gasteiger partial charge in [-0.3, -0.25) is 4.79 Å². The van der Waals surface area contributed by atoms with Crippen LogP contribution in [0.25, 0.3) is 0 Å². The van der Waals surface area contributed by atoms with Crippen LogP contribution in [0.2, 0.25) is 0 Å². The van der Waals surface area contributed by atoms with E-state index < -0.39 is 0 Å². The molecule has 17 heavy (non-hydrogen) atoms. The number of esters is 1. The number of rotatable bonds is 5. The Kier molecular flexibility index (Phi) is 5.26. The first kappa shape index (κ1) is 12.8. The molecular weight excluding hydrogens is 218 g/mol. The van der Waals surface area contributed by atoms with Crippen molar-refractivity contribution in [3.8, 4) is 0 Å². The van der Waals surface area contributed by atoms with E-state index in [4.69, 9.17) is 9.47 Å². The van der Waals surface area contributed by atoms with Crippen LogP contribution in [0.3, 0.4) is 0 Å². The first-order valence-electron chi connectivity index (χ1n) is 6.78. The zero-order chi connectivity index (χ0) is 11.9. The largest absolute Gasteiger partial charge is 0.465 e. The summed E-state index contributed by atoms with van der Waals surface area (Å²) >= 11 is 0. The van der Waals surface area contributed by atoms with Crippen LogP contribution in [-0.2, 0) is 14.3 Å². The molecule has 0 bridgehead atoms. The summed E-state index contributed by atoms with van der Waals surface area (Å²) in [5, 5.41) is 3.31. The molecule has 1 unspecified atom stereocenters. The zero-order valence-electron chi connectivity index (χ0n) is 10.5. The quantitative estimate of drug-likeness (QED) is 0.738. The third-order valence-electron chi connectivity index (χ3n) is 3.74. The van der Waals surface area contributed by atoms with Gasteiger partial charge in [0.2, 0.25) is 0 Å². The minimum atomic E-state index is -0.0246. The van der Waals surface area contributed by atoms with Crippen molar-refractivity contribution in [1.29, 1.82) is 0 Å². The molecule has 2 aliphatic heterocycles. The predicted octanol–water partition coefficient (Wildman–Crippen LogP) is 1.35. The van der Waals surface area contributed by atoms with Crippen LogP contribution >= 0.6 is 0 Å². The van der Waals surface area contributed by atoms with E-state index in [-0.39, 0.29) is 5.97 Å². The van der Waals surface area contributed by atoms with Crippen molar-refractivity contribution >= 4 is 5.97 Å². The van der Waals surface area contributed by atoms with Gasteiger partial charge in [-0.2, -0.15) is 0 Å². The maximum absolute atomic E-state index is 11.6. The molecule has 4 nitrogen and oxygen atoms in total. The fraction of sp³-hybridized carbons (Fsp3) is 0.923. The lowest BCUT2D eigenvalue weighted by Crippen LogP contribution is -2.22. The van der Waals surface area contributed by atoms with E-state index in [1.165, 1.54) is 6.42 Å². The van der Waals surface area contributed by atoms with E-state index in [9.17, 15) is 4.79 Å². The Morgan fingerprint density at radius 3 is 2.76 bits per heavy atom. The molecule has 0 aromatic heterocycles. The number of ether oxygens (including phenoxy) is 2. The number of hydrogen-bond donors (Lipinski definition) is 1. The first-order valence-corrected chi connectivity index (χ1v) is 6.78. The fourth-order valence-corrected chi connectivity index (χ4v) is 2.48. The summed E-state index contributed by atoms with van der Waals surface area (Å²) in [5.74, 6) is 1.16. The SMILES string of the molecule is O=C(CCC1CCNC1)OCC1CCOCC1. The number of hydrogen-bond acceptors (Lipinski definition) is 4. The smallest absolute Gasteiger partial charge is 0.305 e. The van der Waals surface area contributed by atoms with Crippen LogP contribution < -0.4 is 5.32 Å². The Labute approximate surface area is 103 Å². The Balaban J connectivity index is 1.53. The molecular formula is C13H23NO3. The lowest BCUT2D eigenvalue weighted by molar-refractivity contribution is -0.146. The van der Waals surface area contributed by atoms with E-state index in [1.807, 2.05) is 0 Å². The lowest BCUT2D eigenvalue weighted by Gasteiger charge is -2.21. The van der Waals surface area contributed by atoms with Crippen LogP contribution in [0.15, 0.2) is 0 Å². The molecule has 1 atom stereocenters. The Morgan fingerprint density at radius 1 is 1.24 bits per heavy atom. The third kappa shape index (κ3) is 4.64. The molecule has 2 rings (SSSR count). The summed E-state index contributed by atoms with van der Waals surface area (Å²) in [6, 6.07) is 0. The van der Waals surface area contributed by atoms with Gasteiger partial charge in [0.15, 0.2) is 0 Å². The molecule has 0 aromatic carbocycles. The van der Waals surface area contributed by atoms with E-state index in [0.717, 1.165) is 45.6 Å². The van der Waals surface area contributed by atoms with Crippen LogP contribution in [-0.4, -0.2) is 38.9 Å². The summed E-state index contributed by atoms with van der Waals surface area (Å²) in [5.41, 5.74) is 0. The molecule has 1 N–H and O–H groups in total. The van der Waals surface area contributed by atoms with E-state index in [2.05, 4.69) is 5.32 Å². The molecule has 2 aliphatic rings. The molecule has 0 radical (unpaired) electrons. The fourth-order valence-electron chi connectivity index (χ4n) is 2.48. The van der Waals surface area contributed by atoms with Gasteiger partial charge in [0.05, 0.1) is 6.61 Å². The maximum atomic E-state index is 11.6. The first-order chi connectivity index (χ1) is 8.34. The molecule has 0 aliphatic carbocycles. The second kappa shape index (κ2) is 6.97. The zero-order valence-corrected chi connectivity index (χ0v) is 10.5. The highest BCUT2D eigenvalue weighted by Gasteiger charge is 2.18. The van der Waals surface area contributed by atoms with Crippen LogP contribution in [0, 0.1) is 11.8 Å². The Morgan fingerprint density at radius 2 is 2.06 bits per heavy atom. The van der Waals surface area contributed by atoms with Crippen LogP contribution in [0.5, 0.6) is 0 Å². The van der Waals surface area contributed by atoms with Crippen molar-refractivity contribution in [2.24, 2.45) is 11.8 Å². The van der Waals surface area contributed by atoms with Gasteiger partial charge in [-0.05, 0) is 50.6 Å². The topological polar surface area (TPSA) is 47.6 Å². The molecule has 4 heteroatoms. The van der Waals surface area contributed by atoms with Gasteiger partial charge >= 0.3 is 5.97 Å². The molecule has 2 fully saturated rings. The minimum Gasteiger partial charge on any atom is -0.465 e. The van der Waals surface area contributed by atoms with Gasteiger partial charge in [-0.25, -0.2) is 0 Å². The van der Waals surface area contributed by atoms with Crippen molar-refractivity contribution in [3.05, 3.63) is 0 Å². The van der Waals surface area contributed by atoms with Crippen LogP contribution in [0.1, 0.15) is 32.1 Å². The standard InChI is InChI=1S/C13H23NO3/c15-13(2-1-11-3-6-14-9-11)17-10-12-4-7-16-8-5-12/h11-12,14H,1-10H2. The number of nitrogens with one attached hydrogen (secondary N) is 1. The van der Waals surface area contributed by atoms with E-state index in [0.29, 0.717) is 24.9 Å². The molecule has 98 valence electrons. The van der Waals surface area contributed by atoms with Crippen molar-refractivity contribution < 1.29 is 14.3 Å². The number of carbonyl (C=O) groups is 1. The van der Waals surface area contributed by atoms with Gasteiger partial charge in [0, 0.05) is 19.6 Å². The van der Waals surface area contributed by atoms with Gasteiger partial charge in [0.25, 0.3) is 0 Å². The molecule has 0 saturated carbocycles. The van der Waals surface area contributed by atoms with E-state index in [1.54, 1.807) is 0 Å². The van der Waals surface area contributed by atoms with Crippen molar-refractivity contribution in [2.75, 3.05) is 32.9 Å². The Bertz CT molecular complexity index is 233. The minimum absolute atomic E-state index is 0.0246. The summed E-state index contributed by atoms with van der Waals surface area (Å²) in [4.78, 5) is 11.6. The second-order valence-corrected chi connectivity index (χ2v) is 5.14. The summed E-state index contributed by atoms with van der Waals surface area (Å²) in [6.45, 7) is 4.38. The number of carbonyl (C=O) groups excluding carboxylic acids is 1. The Hall–Kier alpha value is -0.610. The molecule has 2 heterocycles. The highest BCUT2D eigenvalue weighted by atomic mass is 16.5. The predicted molar refractivity (Wildman–Crippen MR) is 64.7 cm³/mol. The second-order valence-electron chi connectivity index (χ2n) is 5.14. The molecule has 0 spiro atoms. The molecule has 0 amide bonds. The third-order valence-corrected chi connectivity index (χ3v) is 3.74. The average molecular weight is 241 g/mol. The van der Waals surface area contributed by atoms with Crippen molar-refractivity contribution in [3.63, 3.8) is 0 Å². The highest BCUT2D eigenvalue weighted by molar-refractivity contribution is 5.69. The van der Waals surface area contributed by atoms with Gasteiger partial charge in [-0.15, -0.1) is 0 Å². The van der Waals surface area contributed by atoms with E-state index >= 15 is 0 Å². The van der Waals surface area contributed by atoms with Gasteiger partial charge in [-0.1, -0.05) is 0 Å². The molecule has 2 saturated heterocycles. The average Bonchev–Trinajstić information content (AvgIpc) is 2.88. The monoisotopic (exact) mass is 241 g/mol. The van der Waals surface area contributed by atoms with Crippen molar-refractivity contribution in [1.82, 2.24) is 5.32 Å². The van der Waals surface area contributed by atoms with Crippen LogP contribution in [0.4, 0.5) is 0 Å². The molecule has 0 aromatic rings.